The molecule has 0 radical (unpaired) electrons. The largest absolute Gasteiger partial charge is 0.506 e. The van der Waals surface area contributed by atoms with E-state index in [2.05, 4.69) is 5.32 Å². The standard InChI is InChI=1S/C19H14N2O7S/c22-18-7-2-1-6-17(18)20-19(23)13-8-10-15(11-9-13)28-29(26,27)16-5-3-4-14(12-16)21(24)25/h1-12,22H,(H,20,23). The van der Waals surface area contributed by atoms with Gasteiger partial charge in [-0.25, -0.2) is 0 Å². The van der Waals surface area contributed by atoms with E-state index < -0.39 is 20.9 Å². The van der Waals surface area contributed by atoms with Crippen molar-refractivity contribution in [2.45, 2.75) is 4.90 Å². The summed E-state index contributed by atoms with van der Waals surface area (Å²) in [5.74, 6) is -0.681. The summed E-state index contributed by atoms with van der Waals surface area (Å²) in [6.45, 7) is 0. The molecule has 0 heterocycles. The molecule has 0 spiro atoms. The number of phenols is 1. The van der Waals surface area contributed by atoms with Crippen LogP contribution in [-0.2, 0) is 10.1 Å². The number of phenolic OH excluding ortho intramolecular Hbond substituents is 1. The molecule has 0 aliphatic carbocycles. The van der Waals surface area contributed by atoms with Crippen LogP contribution in [0.4, 0.5) is 11.4 Å². The molecule has 0 aliphatic rings. The van der Waals surface area contributed by atoms with E-state index in [1.165, 1.54) is 48.5 Å². The number of nitro benzene ring substituents is 1. The number of rotatable bonds is 6. The molecule has 10 heteroatoms. The zero-order chi connectivity index (χ0) is 21.0. The van der Waals surface area contributed by atoms with Crippen molar-refractivity contribution in [3.8, 4) is 11.5 Å². The number of carbonyl (C=O) groups is 1. The Kier molecular flexibility index (Phi) is 5.46. The molecule has 148 valence electrons. The Labute approximate surface area is 165 Å². The lowest BCUT2D eigenvalue weighted by Gasteiger charge is -2.09. The Hall–Kier alpha value is -3.92. The summed E-state index contributed by atoms with van der Waals surface area (Å²) in [7, 11) is -4.29. The van der Waals surface area contributed by atoms with Gasteiger partial charge in [0.05, 0.1) is 10.6 Å². The van der Waals surface area contributed by atoms with Gasteiger partial charge in [-0.3, -0.25) is 14.9 Å². The maximum absolute atomic E-state index is 12.3. The van der Waals surface area contributed by atoms with Crippen LogP contribution in [0.25, 0.3) is 0 Å². The van der Waals surface area contributed by atoms with Crippen molar-refractivity contribution in [3.63, 3.8) is 0 Å². The second-order valence-corrected chi connectivity index (χ2v) is 7.33. The fourth-order valence-corrected chi connectivity index (χ4v) is 3.33. The van der Waals surface area contributed by atoms with Gasteiger partial charge in [0.2, 0.25) is 0 Å². The normalized spacial score (nSPS) is 10.9. The molecule has 0 unspecified atom stereocenters. The predicted molar refractivity (Wildman–Crippen MR) is 103 cm³/mol. The molecule has 1 amide bonds. The summed E-state index contributed by atoms with van der Waals surface area (Å²) < 4.78 is 29.6. The number of anilines is 1. The second-order valence-electron chi connectivity index (χ2n) is 5.79. The summed E-state index contributed by atoms with van der Waals surface area (Å²) in [5, 5.41) is 23.0. The van der Waals surface area contributed by atoms with E-state index in [0.717, 1.165) is 12.1 Å². The monoisotopic (exact) mass is 414 g/mol. The van der Waals surface area contributed by atoms with Gasteiger partial charge >= 0.3 is 10.1 Å². The number of hydrogen-bond acceptors (Lipinski definition) is 7. The maximum atomic E-state index is 12.3. The Morgan fingerprint density at radius 3 is 2.34 bits per heavy atom. The zero-order valence-corrected chi connectivity index (χ0v) is 15.5. The van der Waals surface area contributed by atoms with Gasteiger partial charge in [-0.2, -0.15) is 8.42 Å². The molecule has 0 saturated carbocycles. The molecule has 0 bridgehead atoms. The van der Waals surface area contributed by atoms with Crippen LogP contribution in [0.3, 0.4) is 0 Å². The number of hydrogen-bond donors (Lipinski definition) is 2. The lowest BCUT2D eigenvalue weighted by molar-refractivity contribution is -0.385. The number of para-hydroxylation sites is 2. The molecule has 3 aromatic carbocycles. The van der Waals surface area contributed by atoms with Gasteiger partial charge in [-0.1, -0.05) is 18.2 Å². The summed E-state index contributed by atoms with van der Waals surface area (Å²) in [6.07, 6.45) is 0. The topological polar surface area (TPSA) is 136 Å². The lowest BCUT2D eigenvalue weighted by atomic mass is 10.2. The highest BCUT2D eigenvalue weighted by Crippen LogP contribution is 2.24. The minimum Gasteiger partial charge on any atom is -0.506 e. The average molecular weight is 414 g/mol. The number of carbonyl (C=O) groups excluding carboxylic acids is 1. The summed E-state index contributed by atoms with van der Waals surface area (Å²) >= 11 is 0. The third-order valence-electron chi connectivity index (χ3n) is 3.79. The molecule has 3 rings (SSSR count). The number of nitrogens with one attached hydrogen (secondary N) is 1. The molecule has 9 nitrogen and oxygen atoms in total. The van der Waals surface area contributed by atoms with Gasteiger partial charge in [-0.15, -0.1) is 0 Å². The molecule has 2 N–H and O–H groups in total. The van der Waals surface area contributed by atoms with Crippen LogP contribution in [0.15, 0.2) is 77.7 Å². The van der Waals surface area contributed by atoms with Gasteiger partial charge < -0.3 is 14.6 Å². The lowest BCUT2D eigenvalue weighted by Crippen LogP contribution is -2.12. The van der Waals surface area contributed by atoms with Crippen LogP contribution in [0.5, 0.6) is 11.5 Å². The van der Waals surface area contributed by atoms with Crippen molar-refractivity contribution in [1.82, 2.24) is 0 Å². The highest BCUT2D eigenvalue weighted by molar-refractivity contribution is 7.87. The first-order valence-corrected chi connectivity index (χ1v) is 9.55. The first-order chi connectivity index (χ1) is 13.8. The number of nitro groups is 1. The van der Waals surface area contributed by atoms with E-state index in [9.17, 15) is 28.4 Å². The molecule has 29 heavy (non-hydrogen) atoms. The molecule has 0 saturated heterocycles. The SMILES string of the molecule is O=C(Nc1ccccc1O)c1ccc(OS(=O)(=O)c2cccc([N+](=O)[O-])c2)cc1. The van der Waals surface area contributed by atoms with Crippen molar-refractivity contribution >= 4 is 27.4 Å². The number of aromatic hydroxyl groups is 1. The van der Waals surface area contributed by atoms with Crippen molar-refractivity contribution < 1.29 is 27.4 Å². The predicted octanol–water partition coefficient (Wildman–Crippen LogP) is 3.32. The van der Waals surface area contributed by atoms with E-state index in [0.29, 0.717) is 0 Å². The highest BCUT2D eigenvalue weighted by Gasteiger charge is 2.20. The van der Waals surface area contributed by atoms with Crippen molar-refractivity contribution in [2.24, 2.45) is 0 Å². The minimum atomic E-state index is -4.29. The Morgan fingerprint density at radius 1 is 1.00 bits per heavy atom. The second kappa shape index (κ2) is 7.98. The van der Waals surface area contributed by atoms with Crippen LogP contribution in [0.2, 0.25) is 0 Å². The van der Waals surface area contributed by atoms with Gasteiger partial charge in [0.1, 0.15) is 16.4 Å². The van der Waals surface area contributed by atoms with Crippen molar-refractivity contribution in [2.75, 3.05) is 5.32 Å². The molecule has 3 aromatic rings. The van der Waals surface area contributed by atoms with Crippen LogP contribution in [0.1, 0.15) is 10.4 Å². The zero-order valence-electron chi connectivity index (χ0n) is 14.7. The van der Waals surface area contributed by atoms with Crippen molar-refractivity contribution in [1.29, 1.82) is 0 Å². The first-order valence-electron chi connectivity index (χ1n) is 8.14. The minimum absolute atomic E-state index is 0.0735. The van der Waals surface area contributed by atoms with Gasteiger partial charge in [0.15, 0.2) is 0 Å². The van der Waals surface area contributed by atoms with Crippen LogP contribution in [0, 0.1) is 10.1 Å². The summed E-state index contributed by atoms with van der Waals surface area (Å²) in [5.41, 5.74) is 0.0466. The molecule has 0 aliphatic heterocycles. The van der Waals surface area contributed by atoms with E-state index >= 15 is 0 Å². The van der Waals surface area contributed by atoms with Crippen molar-refractivity contribution in [3.05, 3.63) is 88.5 Å². The first kappa shape index (κ1) is 19.8. The van der Waals surface area contributed by atoms with Crippen LogP contribution < -0.4 is 9.50 Å². The van der Waals surface area contributed by atoms with E-state index in [1.807, 2.05) is 0 Å². The number of benzene rings is 3. The third-order valence-corrected chi connectivity index (χ3v) is 5.03. The van der Waals surface area contributed by atoms with E-state index in [1.54, 1.807) is 12.1 Å². The fourth-order valence-electron chi connectivity index (χ4n) is 2.36. The third kappa shape index (κ3) is 4.68. The van der Waals surface area contributed by atoms with Gasteiger partial charge in [-0.05, 0) is 42.5 Å². The summed E-state index contributed by atoms with van der Waals surface area (Å²) in [4.78, 5) is 22.0. The van der Waals surface area contributed by atoms with Crippen LogP contribution in [-0.4, -0.2) is 24.4 Å². The number of nitrogens with zero attached hydrogens (tertiary/aromatic N) is 1. The maximum Gasteiger partial charge on any atom is 0.339 e. The molecule has 0 aromatic heterocycles. The van der Waals surface area contributed by atoms with Crippen LogP contribution >= 0.6 is 0 Å². The fraction of sp³-hybridized carbons (Fsp3) is 0. The molecular formula is C19H14N2O7S. The average Bonchev–Trinajstić information content (AvgIpc) is 2.70. The van der Waals surface area contributed by atoms with E-state index in [4.69, 9.17) is 4.18 Å². The van der Waals surface area contributed by atoms with E-state index in [-0.39, 0.29) is 33.3 Å². The molecule has 0 atom stereocenters. The Morgan fingerprint density at radius 2 is 1.69 bits per heavy atom. The molecular weight excluding hydrogens is 400 g/mol. The number of non-ortho nitro benzene ring substituents is 1. The quantitative estimate of drug-likeness (QED) is 0.273. The smallest absolute Gasteiger partial charge is 0.339 e. The van der Waals surface area contributed by atoms with Gasteiger partial charge in [0, 0.05) is 17.7 Å². The summed E-state index contributed by atoms with van der Waals surface area (Å²) in [6, 6.07) is 15.9. The Bertz CT molecular complexity index is 1180. The van der Waals surface area contributed by atoms with Gasteiger partial charge in [0.25, 0.3) is 11.6 Å². The highest BCUT2D eigenvalue weighted by atomic mass is 32.2. The Balaban J connectivity index is 1.75. The molecule has 0 fully saturated rings. The number of amides is 1.